The van der Waals surface area contributed by atoms with Crippen molar-refractivity contribution in [2.45, 2.75) is 27.7 Å². The molecule has 0 N–H and O–H groups in total. The molecular weight excluding hydrogens is 584 g/mol. The summed E-state index contributed by atoms with van der Waals surface area (Å²) >= 11 is 1.61. The van der Waals surface area contributed by atoms with Crippen LogP contribution in [0.4, 0.5) is 0 Å². The van der Waals surface area contributed by atoms with Gasteiger partial charge in [0, 0.05) is 0 Å². The third-order valence-electron chi connectivity index (χ3n) is 8.29. The van der Waals surface area contributed by atoms with E-state index in [-0.39, 0.29) is 0 Å². The molecule has 1 heteroatoms. The van der Waals surface area contributed by atoms with Gasteiger partial charge in [0.1, 0.15) is 0 Å². The van der Waals surface area contributed by atoms with Crippen molar-refractivity contribution < 1.29 is 24.2 Å². The van der Waals surface area contributed by atoms with Gasteiger partial charge in [0.25, 0.3) is 0 Å². The van der Waals surface area contributed by atoms with Crippen molar-refractivity contribution in [2.75, 3.05) is 0 Å². The molecule has 204 valence electrons. The Hall–Kier alpha value is -3.67. The fraction of sp³-hybridized carbons (Fsp3) is 0.146. The number of hydrogen-bond acceptors (Lipinski definition) is 0. The van der Waals surface area contributed by atoms with E-state index in [4.69, 9.17) is 0 Å². The van der Waals surface area contributed by atoms with E-state index in [1.807, 2.05) is 0 Å². The SMILES string of the molecule is CC(C)[C](=[Zr+2])C(C)C.c1ccc2c(c1)ccc1ccc3cc[cH-]c3c12.c1ccc2c(c1)ccc1ccc3cc[cH-]c3c12. The molecule has 0 saturated heterocycles. The smallest absolute Gasteiger partial charge is 0.0271 e. The zero-order valence-electron chi connectivity index (χ0n) is 24.9. The monoisotopic (exact) mass is 618 g/mol. The van der Waals surface area contributed by atoms with Crippen molar-refractivity contribution >= 4 is 67.8 Å². The Morgan fingerprint density at radius 3 is 1.19 bits per heavy atom. The molecule has 0 aliphatic heterocycles. The van der Waals surface area contributed by atoms with Crippen LogP contribution in [0.3, 0.4) is 0 Å². The molecule has 0 saturated carbocycles. The molecule has 0 fully saturated rings. The van der Waals surface area contributed by atoms with Crippen molar-refractivity contribution in [2.24, 2.45) is 11.8 Å². The molecule has 8 aromatic carbocycles. The largest absolute Gasteiger partial charge is 0.168 e. The Morgan fingerprint density at radius 1 is 0.452 bits per heavy atom. The second-order valence-corrected chi connectivity index (χ2v) is 13.1. The van der Waals surface area contributed by atoms with E-state index >= 15 is 0 Å². The van der Waals surface area contributed by atoms with Crippen molar-refractivity contribution in [1.29, 1.82) is 0 Å². The maximum Gasteiger partial charge on any atom is -0.0271 e. The molecule has 42 heavy (non-hydrogen) atoms. The summed E-state index contributed by atoms with van der Waals surface area (Å²) in [6, 6.07) is 47.9. The second kappa shape index (κ2) is 12.3. The average molecular weight is 620 g/mol. The summed E-state index contributed by atoms with van der Waals surface area (Å²) in [5.41, 5.74) is 0. The van der Waals surface area contributed by atoms with Gasteiger partial charge in [-0.1, -0.05) is 117 Å². The van der Waals surface area contributed by atoms with Crippen LogP contribution in [-0.4, -0.2) is 3.21 Å². The summed E-state index contributed by atoms with van der Waals surface area (Å²) in [5.74, 6) is 1.60. The van der Waals surface area contributed by atoms with Crippen LogP contribution in [0.25, 0.3) is 64.6 Å². The van der Waals surface area contributed by atoms with Gasteiger partial charge < -0.3 is 0 Å². The molecule has 0 radical (unpaired) electrons. The minimum Gasteiger partial charge on any atom is -0.168 e. The van der Waals surface area contributed by atoms with E-state index in [0.29, 0.717) is 0 Å². The van der Waals surface area contributed by atoms with E-state index in [0.717, 1.165) is 11.8 Å². The van der Waals surface area contributed by atoms with Crippen LogP contribution in [0.2, 0.25) is 0 Å². The topological polar surface area (TPSA) is 0 Å². The van der Waals surface area contributed by atoms with Gasteiger partial charge in [-0.25, -0.2) is 0 Å². The Kier molecular flexibility index (Phi) is 8.32. The summed E-state index contributed by atoms with van der Waals surface area (Å²) in [5, 5.41) is 16.1. The zero-order chi connectivity index (χ0) is 29.2. The molecular formula is C41H36Zr. The second-order valence-electron chi connectivity index (χ2n) is 11.7. The minimum absolute atomic E-state index is 0.799. The van der Waals surface area contributed by atoms with E-state index in [9.17, 15) is 0 Å². The van der Waals surface area contributed by atoms with Gasteiger partial charge in [-0.2, -0.15) is 24.3 Å². The number of benzene rings is 6. The third-order valence-corrected chi connectivity index (χ3v) is 11.1. The third kappa shape index (κ3) is 5.56. The van der Waals surface area contributed by atoms with Gasteiger partial charge in [-0.3, -0.25) is 0 Å². The Bertz CT molecular complexity index is 2010. The molecule has 0 unspecified atom stereocenters. The van der Waals surface area contributed by atoms with Gasteiger partial charge in [0.15, 0.2) is 0 Å². The van der Waals surface area contributed by atoms with Gasteiger partial charge in [-0.05, 0) is 10.8 Å². The number of fused-ring (bicyclic) bond motifs is 10. The molecule has 0 atom stereocenters. The fourth-order valence-corrected chi connectivity index (χ4v) is 6.10. The summed E-state index contributed by atoms with van der Waals surface area (Å²) in [7, 11) is 0. The Labute approximate surface area is 263 Å². The fourth-order valence-electron chi connectivity index (χ4n) is 6.10. The van der Waals surface area contributed by atoms with Gasteiger partial charge in [0.05, 0.1) is 0 Å². The first-order valence-corrected chi connectivity index (χ1v) is 16.2. The van der Waals surface area contributed by atoms with E-state index < -0.39 is 0 Å². The Balaban J connectivity index is 0.000000121. The van der Waals surface area contributed by atoms with Crippen LogP contribution < -0.4 is 0 Å². The maximum absolute atomic E-state index is 2.27. The van der Waals surface area contributed by atoms with E-state index in [1.54, 1.807) is 27.4 Å². The summed E-state index contributed by atoms with van der Waals surface area (Å²) < 4.78 is 1.69. The van der Waals surface area contributed by atoms with Crippen LogP contribution >= 0.6 is 0 Å². The summed E-state index contributed by atoms with van der Waals surface area (Å²) in [4.78, 5) is 0. The Morgan fingerprint density at radius 2 is 0.810 bits per heavy atom. The maximum atomic E-state index is 2.27. The molecule has 0 heterocycles. The number of hydrogen-bond donors (Lipinski definition) is 0. The van der Waals surface area contributed by atoms with Crippen molar-refractivity contribution in [3.05, 3.63) is 133 Å². The normalized spacial score (nSPS) is 11.4. The first kappa shape index (κ1) is 28.5. The zero-order valence-corrected chi connectivity index (χ0v) is 27.3. The molecule has 8 aromatic rings. The van der Waals surface area contributed by atoms with Crippen molar-refractivity contribution in [1.82, 2.24) is 0 Å². The standard InChI is InChI=1S/2C17H11.C7H14.Zr/c2*1-2-6-15-12(4-1)8-10-14-11-9-13-5-3-7-16(13)17(14)15;1-6(2)5-7(3)4;/h2*1-11H;6-7H,1-4H3;/q2*-1;;+2. The molecule has 0 spiro atoms. The number of rotatable bonds is 2. The minimum atomic E-state index is 0.799. The summed E-state index contributed by atoms with van der Waals surface area (Å²) in [6.07, 6.45) is 0. The van der Waals surface area contributed by atoms with Crippen LogP contribution in [0.15, 0.2) is 133 Å². The van der Waals surface area contributed by atoms with Crippen LogP contribution in [0, 0.1) is 11.8 Å². The molecule has 0 bridgehead atoms. The summed E-state index contributed by atoms with van der Waals surface area (Å²) in [6.45, 7) is 9.07. The molecule has 0 aliphatic rings. The predicted octanol–water partition coefficient (Wildman–Crippen LogP) is 11.7. The van der Waals surface area contributed by atoms with Gasteiger partial charge in [-0.15, -0.1) is 45.8 Å². The van der Waals surface area contributed by atoms with E-state index in [1.165, 1.54) is 64.6 Å². The van der Waals surface area contributed by atoms with E-state index in [2.05, 4.69) is 161 Å². The first-order chi connectivity index (χ1) is 20.4. The van der Waals surface area contributed by atoms with Gasteiger partial charge >= 0.3 is 67.0 Å². The molecule has 8 rings (SSSR count). The van der Waals surface area contributed by atoms with Crippen LogP contribution in [0.5, 0.6) is 0 Å². The average Bonchev–Trinajstić information content (AvgIpc) is 3.71. The van der Waals surface area contributed by atoms with Crippen molar-refractivity contribution in [3.8, 4) is 0 Å². The predicted molar refractivity (Wildman–Crippen MR) is 184 cm³/mol. The molecule has 0 nitrogen and oxygen atoms in total. The molecule has 0 amide bonds. The molecule has 0 aliphatic carbocycles. The molecule has 0 aromatic heterocycles. The quantitative estimate of drug-likeness (QED) is 0.133. The van der Waals surface area contributed by atoms with Crippen molar-refractivity contribution in [3.63, 3.8) is 0 Å². The first-order valence-electron chi connectivity index (χ1n) is 14.9. The van der Waals surface area contributed by atoms with Crippen LogP contribution in [0.1, 0.15) is 27.7 Å². The van der Waals surface area contributed by atoms with Crippen LogP contribution in [-0.2, 0) is 24.2 Å². The van der Waals surface area contributed by atoms with Gasteiger partial charge in [0.2, 0.25) is 0 Å².